The fourth-order valence-electron chi connectivity index (χ4n) is 9.30. The topological polar surface area (TPSA) is 192 Å². The first-order valence-electron chi connectivity index (χ1n) is 22.6. The van der Waals surface area contributed by atoms with Gasteiger partial charge in [0.05, 0.1) is 53.3 Å². The molecule has 20 heteroatoms. The lowest BCUT2D eigenvalue weighted by atomic mass is 9.92. The number of ether oxygens (including phenoxy) is 1. The van der Waals surface area contributed by atoms with Crippen LogP contribution in [0.15, 0.2) is 83.9 Å². The maximum Gasteiger partial charge on any atom is 0.249 e. The molecule has 0 bridgehead atoms. The molecule has 4 N–H and O–H groups in total. The van der Waals surface area contributed by atoms with E-state index in [4.69, 9.17) is 9.72 Å². The third-order valence-electron chi connectivity index (χ3n) is 12.8. The summed E-state index contributed by atoms with van der Waals surface area (Å²) in [5, 5.41) is 19.2. The first-order chi connectivity index (χ1) is 32.7. The third-order valence-corrected chi connectivity index (χ3v) is 14.9. The number of halogens is 2. The number of hydrogen-bond donors (Lipinski definition) is 4. The summed E-state index contributed by atoms with van der Waals surface area (Å²) in [5.74, 6) is 0.159. The minimum atomic E-state index is -2.73. The monoisotopic (exact) mass is 1010 g/mol. The maximum atomic E-state index is 15.3. The highest BCUT2D eigenvalue weighted by molar-refractivity contribution is 9.10. The molecule has 354 valence electrons. The highest BCUT2D eigenvalue weighted by Crippen LogP contribution is 2.43. The lowest BCUT2D eigenvalue weighted by molar-refractivity contribution is -0.134. The molecule has 0 radical (unpaired) electrons. The van der Waals surface area contributed by atoms with Gasteiger partial charge in [-0.15, -0.1) is 0 Å². The van der Waals surface area contributed by atoms with Crippen LogP contribution in [0.3, 0.4) is 0 Å². The van der Waals surface area contributed by atoms with Gasteiger partial charge in [-0.25, -0.2) is 9.37 Å². The van der Waals surface area contributed by atoms with Crippen molar-refractivity contribution in [2.24, 2.45) is 7.05 Å². The van der Waals surface area contributed by atoms with Crippen LogP contribution in [-0.4, -0.2) is 125 Å². The van der Waals surface area contributed by atoms with E-state index in [1.807, 2.05) is 72.9 Å². The normalized spacial score (nSPS) is 17.3. The average molecular weight is 1010 g/mol. The number of carbonyl (C=O) groups is 3. The van der Waals surface area contributed by atoms with Crippen molar-refractivity contribution < 1.29 is 28.1 Å². The number of piperidine rings is 2. The Morgan fingerprint density at radius 1 is 0.941 bits per heavy atom. The zero-order valence-electron chi connectivity index (χ0n) is 38.3. The number of anilines is 6. The molecule has 3 saturated heterocycles. The zero-order chi connectivity index (χ0) is 47.7. The van der Waals surface area contributed by atoms with E-state index in [-0.39, 0.29) is 30.7 Å². The van der Waals surface area contributed by atoms with E-state index >= 15 is 4.39 Å². The second-order valence-corrected chi connectivity index (χ2v) is 21.8. The van der Waals surface area contributed by atoms with E-state index in [1.54, 1.807) is 31.3 Å². The molecule has 3 aliphatic rings. The molecule has 9 rings (SSSR count). The maximum absolute atomic E-state index is 15.3. The number of imide groups is 1. The van der Waals surface area contributed by atoms with E-state index in [0.29, 0.717) is 103 Å². The van der Waals surface area contributed by atoms with Gasteiger partial charge in [0.1, 0.15) is 30.6 Å². The number of piperazine rings is 1. The molecule has 3 aromatic heterocycles. The summed E-state index contributed by atoms with van der Waals surface area (Å²) in [4.78, 5) is 57.5. The number of amides is 3. The highest BCUT2D eigenvalue weighted by Gasteiger charge is 2.31. The summed E-state index contributed by atoms with van der Waals surface area (Å²) in [6.07, 6.45) is 8.85. The first kappa shape index (κ1) is 46.7. The van der Waals surface area contributed by atoms with E-state index < -0.39 is 24.9 Å². The predicted molar refractivity (Wildman–Crippen MR) is 266 cm³/mol. The van der Waals surface area contributed by atoms with Crippen LogP contribution in [0.5, 0.6) is 5.75 Å². The van der Waals surface area contributed by atoms with Crippen LogP contribution in [0.25, 0.3) is 21.9 Å². The van der Waals surface area contributed by atoms with Crippen LogP contribution in [0, 0.1) is 5.82 Å². The molecule has 6 heterocycles. The average Bonchev–Trinajstić information content (AvgIpc) is 3.76. The molecular formula is C48H53BrFN12O5P. The molecule has 3 fully saturated rings. The number of rotatable bonds is 13. The van der Waals surface area contributed by atoms with Crippen molar-refractivity contribution in [1.82, 2.24) is 39.8 Å². The number of benzene rings is 3. The van der Waals surface area contributed by atoms with Crippen molar-refractivity contribution >= 4 is 91.4 Å². The second kappa shape index (κ2) is 19.7. The minimum absolute atomic E-state index is 0.0551. The summed E-state index contributed by atoms with van der Waals surface area (Å²) in [6, 6.07) is 16.6. The number of pyridine rings is 1. The lowest BCUT2D eigenvalue weighted by Gasteiger charge is -2.38. The Morgan fingerprint density at radius 2 is 1.72 bits per heavy atom. The number of fused-ring (bicyclic) bond motifs is 1. The van der Waals surface area contributed by atoms with Gasteiger partial charge in [-0.05, 0) is 84.5 Å². The van der Waals surface area contributed by atoms with Gasteiger partial charge in [0.25, 0.3) is 0 Å². The Hall–Kier alpha value is -6.43. The number of carbonyl (C=O) groups excluding carboxylic acids is 3. The van der Waals surface area contributed by atoms with Crippen LogP contribution < -0.4 is 36.2 Å². The van der Waals surface area contributed by atoms with Gasteiger partial charge in [0, 0.05) is 92.2 Å². The summed E-state index contributed by atoms with van der Waals surface area (Å²) in [6.45, 7) is 7.35. The number of likely N-dealkylation sites (tertiary alicyclic amines) is 1. The van der Waals surface area contributed by atoms with Crippen LogP contribution in [0.2, 0.25) is 0 Å². The van der Waals surface area contributed by atoms with Gasteiger partial charge in [-0.2, -0.15) is 10.1 Å². The number of aromatic nitrogens is 5. The van der Waals surface area contributed by atoms with Crippen LogP contribution in [-0.2, 0) is 26.0 Å². The van der Waals surface area contributed by atoms with Crippen LogP contribution in [0.4, 0.5) is 38.9 Å². The quantitative estimate of drug-likeness (QED) is 0.0697. The molecule has 3 aromatic carbocycles. The van der Waals surface area contributed by atoms with E-state index in [2.05, 4.69) is 62.1 Å². The third kappa shape index (κ3) is 10.2. The van der Waals surface area contributed by atoms with Crippen molar-refractivity contribution in [3.8, 4) is 16.9 Å². The van der Waals surface area contributed by atoms with E-state index in [0.717, 1.165) is 32.9 Å². The SMILES string of the molecule is COc1cc(N2CCN(C(=O)CN3CCC(c4ncc(NC5CCC(=O)NC5=O)cc4F)CC3)CC2)c(-c2cnn(C)c2)cc1Nc1ncc(Br)c(Nc2ccc3ccccc3c2P(C)(C)=O)n1. The molecule has 3 amide bonds. The predicted octanol–water partition coefficient (Wildman–Crippen LogP) is 6.82. The Bertz CT molecular complexity index is 2950. The van der Waals surface area contributed by atoms with Crippen molar-refractivity contribution in [2.45, 2.75) is 37.6 Å². The second-order valence-electron chi connectivity index (χ2n) is 17.8. The Balaban J connectivity index is 0.848. The molecule has 1 atom stereocenters. The molecule has 6 aromatic rings. The van der Waals surface area contributed by atoms with Crippen LogP contribution in [0.1, 0.15) is 37.3 Å². The minimum Gasteiger partial charge on any atom is -0.494 e. The van der Waals surface area contributed by atoms with Gasteiger partial charge in [0.2, 0.25) is 23.7 Å². The molecular weight excluding hydrogens is 954 g/mol. The summed E-state index contributed by atoms with van der Waals surface area (Å²) < 4.78 is 37.3. The molecule has 3 aliphatic heterocycles. The smallest absolute Gasteiger partial charge is 0.249 e. The fourth-order valence-corrected chi connectivity index (χ4v) is 11.1. The van der Waals surface area contributed by atoms with Gasteiger partial charge in [0.15, 0.2) is 0 Å². The Labute approximate surface area is 401 Å². The molecule has 17 nitrogen and oxygen atoms in total. The van der Waals surface area contributed by atoms with Gasteiger partial charge >= 0.3 is 0 Å². The zero-order valence-corrected chi connectivity index (χ0v) is 40.7. The van der Waals surface area contributed by atoms with Crippen molar-refractivity contribution in [3.63, 3.8) is 0 Å². The summed E-state index contributed by atoms with van der Waals surface area (Å²) >= 11 is 3.61. The number of nitrogens with one attached hydrogen (secondary N) is 4. The molecule has 0 saturated carbocycles. The fraction of sp³-hybridized carbons (Fsp3) is 0.354. The number of nitrogens with zero attached hydrogens (tertiary/aromatic N) is 8. The summed E-state index contributed by atoms with van der Waals surface area (Å²) in [7, 11) is 0.762. The van der Waals surface area contributed by atoms with Crippen molar-refractivity contribution in [3.05, 3.63) is 95.4 Å². The van der Waals surface area contributed by atoms with E-state index in [1.165, 1.54) is 12.3 Å². The Morgan fingerprint density at radius 3 is 2.43 bits per heavy atom. The largest absolute Gasteiger partial charge is 0.494 e. The van der Waals surface area contributed by atoms with Gasteiger partial charge < -0.3 is 35.1 Å². The highest BCUT2D eigenvalue weighted by atomic mass is 79.9. The summed E-state index contributed by atoms with van der Waals surface area (Å²) in [5.41, 5.74) is 4.85. The molecule has 68 heavy (non-hydrogen) atoms. The Kier molecular flexibility index (Phi) is 13.5. The van der Waals surface area contributed by atoms with Crippen molar-refractivity contribution in [1.29, 1.82) is 0 Å². The van der Waals surface area contributed by atoms with E-state index in [9.17, 15) is 18.9 Å². The first-order valence-corrected chi connectivity index (χ1v) is 26.0. The van der Waals surface area contributed by atoms with Crippen molar-refractivity contribution in [2.75, 3.05) is 87.1 Å². The standard InChI is InChI=1S/C48H53BrFN12O5P/c1-59-27-31(24-53-59)34-22-39(56-48-52-26-35(49)46(58-48)55-37-10-9-29-7-5-6-8-33(29)45(37)68(3,4)66)41(67-2)23-40(34)61-17-19-62(20-18-61)43(64)28-60-15-13-30(14-16-60)44-36(50)21-32(25-51-44)54-38-11-12-42(63)57-47(38)65/h5-10,21-27,30,38,54H,11-20,28H2,1-4H3,(H,57,63,65)(H2,52,55,56,58). The molecule has 0 spiro atoms. The molecule has 0 aliphatic carbocycles. The molecule has 1 unspecified atom stereocenters. The van der Waals surface area contributed by atoms with Gasteiger partial charge in [-0.3, -0.25) is 34.3 Å². The van der Waals surface area contributed by atoms with Crippen LogP contribution >= 0.6 is 23.1 Å². The number of aryl methyl sites for hydroxylation is 1. The van der Waals surface area contributed by atoms with Gasteiger partial charge in [-0.1, -0.05) is 30.3 Å². The number of methoxy groups -OCH3 is 1. The lowest BCUT2D eigenvalue weighted by Crippen LogP contribution is -2.52. The number of hydrogen-bond acceptors (Lipinski definition) is 14.